The lowest BCUT2D eigenvalue weighted by Gasteiger charge is -2.13. The smallest absolute Gasteiger partial charge is 0.231 e. The number of nitrogens with zero attached hydrogens (tertiary/aromatic N) is 2. The minimum Gasteiger partial charge on any atom is -0.438 e. The van der Waals surface area contributed by atoms with Crippen molar-refractivity contribution in [2.45, 2.75) is 0 Å². The minimum absolute atomic E-state index is 0.562. The van der Waals surface area contributed by atoms with E-state index >= 15 is 0 Å². The molecule has 286 valence electrons. The third-order valence-electron chi connectivity index (χ3n) is 11.5. The molecule has 0 N–H and O–H groups in total. The Labute approximate surface area is 354 Å². The molecule has 61 heavy (non-hydrogen) atoms. The van der Waals surface area contributed by atoms with Crippen molar-refractivity contribution >= 4 is 22.1 Å². The summed E-state index contributed by atoms with van der Waals surface area (Å²) in [5, 5.41) is 1.89. The molecule has 2 aromatic heterocycles. The Hall–Kier alpha value is -8.14. The number of fused-ring (bicyclic) bond motifs is 3. The summed E-state index contributed by atoms with van der Waals surface area (Å²) in [5.74, 6) is 0.605. The van der Waals surface area contributed by atoms with Crippen LogP contribution in [-0.4, -0.2) is 9.97 Å². The van der Waals surface area contributed by atoms with Gasteiger partial charge in [-0.05, 0) is 121 Å². The summed E-state index contributed by atoms with van der Waals surface area (Å²) in [7, 11) is 0. The summed E-state index contributed by atoms with van der Waals surface area (Å²) in [4.78, 5) is 10.5. The van der Waals surface area contributed by atoms with Crippen LogP contribution in [0.25, 0.3) is 111 Å². The summed E-state index contributed by atoms with van der Waals surface area (Å²) in [6.07, 6.45) is 0. The van der Waals surface area contributed by atoms with Gasteiger partial charge in [0.2, 0.25) is 5.71 Å². The first-order valence-corrected chi connectivity index (χ1v) is 20.6. The molecule has 0 amide bonds. The van der Waals surface area contributed by atoms with E-state index in [0.29, 0.717) is 11.5 Å². The van der Waals surface area contributed by atoms with Crippen molar-refractivity contribution in [1.82, 2.24) is 9.97 Å². The maximum atomic E-state index is 6.51. The Morgan fingerprint density at radius 2 is 0.607 bits per heavy atom. The maximum absolute atomic E-state index is 6.51. The normalized spacial score (nSPS) is 11.3. The molecular formula is C58H38N2O. The highest BCUT2D eigenvalue weighted by atomic mass is 16.3. The number of aromatic nitrogens is 2. The molecule has 0 bridgehead atoms. The third-order valence-corrected chi connectivity index (χ3v) is 11.5. The molecule has 0 saturated heterocycles. The number of hydrogen-bond donors (Lipinski definition) is 0. The number of rotatable bonds is 8. The van der Waals surface area contributed by atoms with E-state index in [1.54, 1.807) is 0 Å². The quantitative estimate of drug-likeness (QED) is 0.154. The second-order valence-electron chi connectivity index (χ2n) is 15.4. The molecule has 0 unspecified atom stereocenters. The summed E-state index contributed by atoms with van der Waals surface area (Å²) in [6, 6.07) is 81.4. The third kappa shape index (κ3) is 7.09. The highest BCUT2D eigenvalue weighted by Gasteiger charge is 2.19. The molecule has 3 heteroatoms. The second kappa shape index (κ2) is 15.6. The van der Waals surface area contributed by atoms with Gasteiger partial charge in [-0.2, -0.15) is 4.98 Å². The van der Waals surface area contributed by atoms with Gasteiger partial charge in [-0.1, -0.05) is 176 Å². The van der Waals surface area contributed by atoms with Crippen molar-refractivity contribution in [3.8, 4) is 89.4 Å². The molecule has 0 aliphatic rings. The topological polar surface area (TPSA) is 38.9 Å². The van der Waals surface area contributed by atoms with Gasteiger partial charge in [0.1, 0.15) is 5.58 Å². The van der Waals surface area contributed by atoms with Crippen LogP contribution in [0.4, 0.5) is 0 Å². The fourth-order valence-electron chi connectivity index (χ4n) is 8.42. The van der Waals surface area contributed by atoms with Crippen LogP contribution < -0.4 is 0 Å². The minimum atomic E-state index is 0.562. The molecule has 3 nitrogen and oxygen atoms in total. The van der Waals surface area contributed by atoms with E-state index in [2.05, 4.69) is 212 Å². The molecule has 0 spiro atoms. The maximum Gasteiger partial charge on any atom is 0.231 e. The highest BCUT2D eigenvalue weighted by Crippen LogP contribution is 2.40. The molecule has 2 heterocycles. The zero-order valence-corrected chi connectivity index (χ0v) is 33.2. The van der Waals surface area contributed by atoms with E-state index < -0.39 is 0 Å². The van der Waals surface area contributed by atoms with Crippen LogP contribution in [0.5, 0.6) is 0 Å². The summed E-state index contributed by atoms with van der Waals surface area (Å²) < 4.78 is 6.51. The first kappa shape index (κ1) is 36.0. The average Bonchev–Trinajstić information content (AvgIpc) is 3.73. The van der Waals surface area contributed by atoms with E-state index in [4.69, 9.17) is 14.4 Å². The molecule has 0 radical (unpaired) electrons. The Balaban J connectivity index is 1.06. The van der Waals surface area contributed by atoms with E-state index in [1.165, 1.54) is 33.4 Å². The Bertz CT molecular complexity index is 3220. The van der Waals surface area contributed by atoms with Gasteiger partial charge in [0, 0.05) is 16.5 Å². The fourth-order valence-corrected chi connectivity index (χ4v) is 8.42. The van der Waals surface area contributed by atoms with Crippen LogP contribution >= 0.6 is 0 Å². The van der Waals surface area contributed by atoms with Crippen molar-refractivity contribution in [3.05, 3.63) is 231 Å². The van der Waals surface area contributed by atoms with Gasteiger partial charge in [0.25, 0.3) is 0 Å². The number of hydrogen-bond acceptors (Lipinski definition) is 3. The summed E-state index contributed by atoms with van der Waals surface area (Å²) in [6.45, 7) is 0. The number of furan rings is 1. The van der Waals surface area contributed by atoms with Crippen LogP contribution in [-0.2, 0) is 0 Å². The van der Waals surface area contributed by atoms with Crippen LogP contribution in [0.2, 0.25) is 0 Å². The van der Waals surface area contributed by atoms with Gasteiger partial charge in [0.15, 0.2) is 5.82 Å². The van der Waals surface area contributed by atoms with Crippen LogP contribution in [0.1, 0.15) is 0 Å². The Morgan fingerprint density at radius 1 is 0.262 bits per heavy atom. The lowest BCUT2D eigenvalue weighted by molar-refractivity contribution is 0.653. The molecule has 0 aliphatic carbocycles. The van der Waals surface area contributed by atoms with E-state index in [-0.39, 0.29) is 0 Å². The van der Waals surface area contributed by atoms with Gasteiger partial charge in [0.05, 0.1) is 11.1 Å². The van der Waals surface area contributed by atoms with Gasteiger partial charge in [-0.3, -0.25) is 0 Å². The molecule has 11 aromatic rings. The predicted molar refractivity (Wildman–Crippen MR) is 253 cm³/mol. The first-order chi connectivity index (χ1) is 30.2. The van der Waals surface area contributed by atoms with Crippen molar-refractivity contribution in [2.75, 3.05) is 0 Å². The van der Waals surface area contributed by atoms with Crippen molar-refractivity contribution in [3.63, 3.8) is 0 Å². The standard InChI is InChI=1S/C58H38N2O/c1-5-17-39(18-6-1)47-33-48(40-19-7-2-8-20-40)36-51(35-47)43-25-15-27-45(31-43)56-55-53-29-13-14-30-54(53)61-58(55)60-57(59-56)46-28-16-26-44(32-46)52-37-49(41-21-9-3-10-22-41)34-50(38-52)42-23-11-4-12-24-42/h1-38H. The molecular weight excluding hydrogens is 741 g/mol. The van der Waals surface area contributed by atoms with Gasteiger partial charge >= 0.3 is 0 Å². The molecule has 0 fully saturated rings. The fraction of sp³-hybridized carbons (Fsp3) is 0. The molecule has 0 saturated carbocycles. The van der Waals surface area contributed by atoms with Crippen molar-refractivity contribution in [2.24, 2.45) is 0 Å². The first-order valence-electron chi connectivity index (χ1n) is 20.6. The lowest BCUT2D eigenvalue weighted by atomic mass is 9.92. The van der Waals surface area contributed by atoms with Gasteiger partial charge in [-0.15, -0.1) is 0 Å². The van der Waals surface area contributed by atoms with Crippen LogP contribution in [0.15, 0.2) is 235 Å². The van der Waals surface area contributed by atoms with Gasteiger partial charge < -0.3 is 4.42 Å². The van der Waals surface area contributed by atoms with Crippen LogP contribution in [0.3, 0.4) is 0 Å². The number of para-hydroxylation sites is 1. The monoisotopic (exact) mass is 778 g/mol. The van der Waals surface area contributed by atoms with E-state index in [9.17, 15) is 0 Å². The number of benzene rings is 9. The molecule has 11 rings (SSSR count). The lowest BCUT2D eigenvalue weighted by Crippen LogP contribution is -1.95. The highest BCUT2D eigenvalue weighted by molar-refractivity contribution is 6.10. The summed E-state index contributed by atoms with van der Waals surface area (Å²) in [5.41, 5.74) is 17.9. The van der Waals surface area contributed by atoms with E-state index in [0.717, 1.165) is 66.6 Å². The van der Waals surface area contributed by atoms with Gasteiger partial charge in [-0.25, -0.2) is 4.98 Å². The van der Waals surface area contributed by atoms with Crippen LogP contribution in [0, 0.1) is 0 Å². The summed E-state index contributed by atoms with van der Waals surface area (Å²) >= 11 is 0. The zero-order valence-electron chi connectivity index (χ0n) is 33.2. The predicted octanol–water partition coefficient (Wildman–Crippen LogP) is 15.7. The zero-order chi connectivity index (χ0) is 40.5. The molecule has 0 atom stereocenters. The average molecular weight is 779 g/mol. The van der Waals surface area contributed by atoms with Crippen molar-refractivity contribution in [1.29, 1.82) is 0 Å². The molecule has 9 aromatic carbocycles. The Kier molecular flexibility index (Phi) is 9.18. The SMILES string of the molecule is c1ccc(-c2cc(-c3ccccc3)cc(-c3cccc(-c4nc(-c5cccc(-c6cc(-c7ccccc7)cc(-c7ccccc7)c6)c5)c5c(n4)oc4ccccc45)c3)c2)cc1. The largest absolute Gasteiger partial charge is 0.438 e. The van der Waals surface area contributed by atoms with Crippen molar-refractivity contribution < 1.29 is 4.42 Å². The van der Waals surface area contributed by atoms with E-state index in [1.807, 2.05) is 18.2 Å². The second-order valence-corrected chi connectivity index (χ2v) is 15.4. The molecule has 0 aliphatic heterocycles. The Morgan fingerprint density at radius 3 is 1.08 bits per heavy atom.